The van der Waals surface area contributed by atoms with Gasteiger partial charge in [-0.25, -0.2) is 0 Å². The number of benzene rings is 1. The minimum atomic E-state index is 0.294. The summed E-state index contributed by atoms with van der Waals surface area (Å²) in [6, 6.07) is 7.65. The quantitative estimate of drug-likeness (QED) is 0.862. The van der Waals surface area contributed by atoms with Crippen LogP contribution < -0.4 is 10.6 Å². The summed E-state index contributed by atoms with van der Waals surface area (Å²) in [5.74, 6) is 0. The molecular formula is C15H23N3. The van der Waals surface area contributed by atoms with Gasteiger partial charge in [0.1, 0.15) is 0 Å². The van der Waals surface area contributed by atoms with Crippen LogP contribution in [0, 0.1) is 0 Å². The van der Waals surface area contributed by atoms with Gasteiger partial charge in [0.2, 0.25) is 0 Å². The Morgan fingerprint density at radius 3 is 2.94 bits per heavy atom. The van der Waals surface area contributed by atoms with Crippen LogP contribution >= 0.6 is 0 Å². The van der Waals surface area contributed by atoms with Crippen molar-refractivity contribution in [3.8, 4) is 0 Å². The average molecular weight is 245 g/mol. The molecule has 2 N–H and O–H groups in total. The molecule has 2 atom stereocenters. The van der Waals surface area contributed by atoms with E-state index < -0.39 is 0 Å². The lowest BCUT2D eigenvalue weighted by Gasteiger charge is -2.26. The highest BCUT2D eigenvalue weighted by molar-refractivity contribution is 5.58. The number of fused-ring (bicyclic) bond motifs is 1. The summed E-state index contributed by atoms with van der Waals surface area (Å²) in [7, 11) is 2.17. The zero-order valence-corrected chi connectivity index (χ0v) is 11.4. The average Bonchev–Trinajstić information content (AvgIpc) is 2.93. The van der Waals surface area contributed by atoms with Gasteiger partial charge in [0, 0.05) is 37.9 Å². The van der Waals surface area contributed by atoms with E-state index in [-0.39, 0.29) is 0 Å². The van der Waals surface area contributed by atoms with Crippen LogP contribution in [0.2, 0.25) is 0 Å². The monoisotopic (exact) mass is 245 g/mol. The number of likely N-dealkylation sites (N-methyl/N-ethyl adjacent to an activating group) is 2. The van der Waals surface area contributed by atoms with Crippen LogP contribution in [0.3, 0.4) is 0 Å². The molecule has 1 saturated heterocycles. The van der Waals surface area contributed by atoms with Crippen molar-refractivity contribution in [1.29, 1.82) is 0 Å². The Bertz CT molecular complexity index is 443. The first-order valence-electron chi connectivity index (χ1n) is 7.04. The summed E-state index contributed by atoms with van der Waals surface area (Å²) in [6.07, 6.45) is 2.29. The van der Waals surface area contributed by atoms with Gasteiger partial charge in [0.15, 0.2) is 0 Å². The summed E-state index contributed by atoms with van der Waals surface area (Å²) in [5.41, 5.74) is 10.6. The third-order valence-corrected chi connectivity index (χ3v) is 4.53. The summed E-state index contributed by atoms with van der Waals surface area (Å²) in [5, 5.41) is 0. The Balaban J connectivity index is 1.93. The number of rotatable bonds is 2. The van der Waals surface area contributed by atoms with Crippen molar-refractivity contribution in [3.05, 3.63) is 29.3 Å². The van der Waals surface area contributed by atoms with E-state index >= 15 is 0 Å². The fourth-order valence-corrected chi connectivity index (χ4v) is 3.47. The highest BCUT2D eigenvalue weighted by Gasteiger charge is 2.32. The molecule has 18 heavy (non-hydrogen) atoms. The zero-order chi connectivity index (χ0) is 12.7. The number of nitrogens with two attached hydrogens (primary N) is 1. The topological polar surface area (TPSA) is 32.5 Å². The fraction of sp³-hybridized carbons (Fsp3) is 0.600. The molecule has 3 heteroatoms. The molecule has 0 radical (unpaired) electrons. The maximum absolute atomic E-state index is 6.30. The van der Waals surface area contributed by atoms with Gasteiger partial charge in [-0.3, -0.25) is 4.90 Å². The second-order valence-corrected chi connectivity index (χ2v) is 5.59. The smallest absolute Gasteiger partial charge is 0.0499 e. The second kappa shape index (κ2) is 4.56. The zero-order valence-electron chi connectivity index (χ0n) is 11.4. The Kier molecular flexibility index (Phi) is 3.04. The predicted molar refractivity (Wildman–Crippen MR) is 76.0 cm³/mol. The van der Waals surface area contributed by atoms with Gasteiger partial charge in [-0.15, -0.1) is 0 Å². The molecule has 3 rings (SSSR count). The lowest BCUT2D eigenvalue weighted by atomic mass is 9.98. The third kappa shape index (κ3) is 1.82. The molecule has 0 aliphatic carbocycles. The molecular weight excluding hydrogens is 222 g/mol. The standard InChI is InChI=1S/C15H23N3/c1-3-18-9-7-13(16)15(18)12-4-5-14-11(10-12)6-8-17(14)2/h4-5,10,13,15H,3,6-9,16H2,1-2H3. The summed E-state index contributed by atoms with van der Waals surface area (Å²) < 4.78 is 0. The number of hydrogen-bond donors (Lipinski definition) is 1. The van der Waals surface area contributed by atoms with Gasteiger partial charge < -0.3 is 10.6 Å². The molecule has 0 saturated carbocycles. The normalized spacial score (nSPS) is 27.8. The molecule has 1 aromatic rings. The van der Waals surface area contributed by atoms with E-state index in [0.717, 1.165) is 26.1 Å². The molecule has 0 bridgehead atoms. The number of hydrogen-bond acceptors (Lipinski definition) is 3. The van der Waals surface area contributed by atoms with Crippen molar-refractivity contribution >= 4 is 5.69 Å². The summed E-state index contributed by atoms with van der Waals surface area (Å²) in [6.45, 7) is 5.61. The maximum atomic E-state index is 6.30. The van der Waals surface area contributed by atoms with E-state index in [0.29, 0.717) is 12.1 Å². The van der Waals surface area contributed by atoms with E-state index in [2.05, 4.69) is 42.0 Å². The molecule has 1 aromatic carbocycles. The van der Waals surface area contributed by atoms with Gasteiger partial charge in [0.25, 0.3) is 0 Å². The summed E-state index contributed by atoms with van der Waals surface area (Å²) >= 11 is 0. The van der Waals surface area contributed by atoms with Crippen LogP contribution in [0.1, 0.15) is 30.5 Å². The van der Waals surface area contributed by atoms with E-state index in [1.165, 1.54) is 23.2 Å². The van der Waals surface area contributed by atoms with Crippen LogP contribution in [0.4, 0.5) is 5.69 Å². The van der Waals surface area contributed by atoms with Crippen molar-refractivity contribution in [2.24, 2.45) is 5.73 Å². The second-order valence-electron chi connectivity index (χ2n) is 5.59. The third-order valence-electron chi connectivity index (χ3n) is 4.53. The Labute approximate surface area is 110 Å². The van der Waals surface area contributed by atoms with Gasteiger partial charge >= 0.3 is 0 Å². The van der Waals surface area contributed by atoms with Crippen LogP contribution in [0.5, 0.6) is 0 Å². The first kappa shape index (κ1) is 12.0. The molecule has 2 unspecified atom stereocenters. The van der Waals surface area contributed by atoms with Crippen molar-refractivity contribution in [2.75, 3.05) is 31.6 Å². The van der Waals surface area contributed by atoms with E-state index in [1.807, 2.05) is 0 Å². The predicted octanol–water partition coefficient (Wildman–Crippen LogP) is 1.77. The molecule has 0 aromatic heterocycles. The van der Waals surface area contributed by atoms with E-state index in [1.54, 1.807) is 0 Å². The Hall–Kier alpha value is -1.06. The van der Waals surface area contributed by atoms with Crippen molar-refractivity contribution in [3.63, 3.8) is 0 Å². The SMILES string of the molecule is CCN1CCC(N)C1c1ccc2c(c1)CCN2C. The maximum Gasteiger partial charge on any atom is 0.0499 e. The molecule has 1 fully saturated rings. The number of anilines is 1. The fourth-order valence-electron chi connectivity index (χ4n) is 3.47. The van der Waals surface area contributed by atoms with Gasteiger partial charge in [-0.05, 0) is 36.6 Å². The molecule has 2 aliphatic rings. The molecule has 2 heterocycles. The number of likely N-dealkylation sites (tertiary alicyclic amines) is 1. The van der Waals surface area contributed by atoms with Crippen LogP contribution in [-0.4, -0.2) is 37.6 Å². The van der Waals surface area contributed by atoms with Crippen molar-refractivity contribution in [2.45, 2.75) is 31.8 Å². The van der Waals surface area contributed by atoms with Crippen molar-refractivity contribution in [1.82, 2.24) is 4.90 Å². The van der Waals surface area contributed by atoms with Crippen molar-refractivity contribution < 1.29 is 0 Å². The van der Waals surface area contributed by atoms with Crippen LogP contribution in [-0.2, 0) is 6.42 Å². The molecule has 0 amide bonds. The molecule has 3 nitrogen and oxygen atoms in total. The lowest BCUT2D eigenvalue weighted by molar-refractivity contribution is 0.261. The number of nitrogens with zero attached hydrogens (tertiary/aromatic N) is 2. The van der Waals surface area contributed by atoms with E-state index in [9.17, 15) is 0 Å². The summed E-state index contributed by atoms with van der Waals surface area (Å²) in [4.78, 5) is 4.84. The largest absolute Gasteiger partial charge is 0.374 e. The Morgan fingerprint density at radius 1 is 1.33 bits per heavy atom. The van der Waals surface area contributed by atoms with Gasteiger partial charge in [-0.1, -0.05) is 19.1 Å². The molecule has 0 spiro atoms. The highest BCUT2D eigenvalue weighted by Crippen LogP contribution is 2.35. The molecule has 98 valence electrons. The Morgan fingerprint density at radius 2 is 2.17 bits per heavy atom. The molecule has 2 aliphatic heterocycles. The lowest BCUT2D eigenvalue weighted by Crippen LogP contribution is -2.31. The van der Waals surface area contributed by atoms with Crippen LogP contribution in [0.25, 0.3) is 0 Å². The minimum Gasteiger partial charge on any atom is -0.374 e. The van der Waals surface area contributed by atoms with Gasteiger partial charge in [-0.2, -0.15) is 0 Å². The first-order valence-corrected chi connectivity index (χ1v) is 7.04. The van der Waals surface area contributed by atoms with E-state index in [4.69, 9.17) is 5.73 Å². The minimum absolute atomic E-state index is 0.294. The van der Waals surface area contributed by atoms with Crippen LogP contribution in [0.15, 0.2) is 18.2 Å². The first-order chi connectivity index (χ1) is 8.70. The highest BCUT2D eigenvalue weighted by atomic mass is 15.2. The van der Waals surface area contributed by atoms with Gasteiger partial charge in [0.05, 0.1) is 0 Å².